The van der Waals surface area contributed by atoms with Crippen LogP contribution in [-0.4, -0.2) is 35.1 Å². The van der Waals surface area contributed by atoms with E-state index in [1.165, 1.54) is 37.6 Å². The van der Waals surface area contributed by atoms with Crippen molar-refractivity contribution in [3.63, 3.8) is 0 Å². The zero-order valence-corrected chi connectivity index (χ0v) is 14.9. The molecule has 0 spiro atoms. The first-order chi connectivity index (χ1) is 12.9. The molecule has 2 aromatic rings. The summed E-state index contributed by atoms with van der Waals surface area (Å²) in [5.41, 5.74) is 1.16. The number of amides is 1. The average molecular weight is 377 g/mol. The number of pyridine rings is 1. The lowest BCUT2D eigenvalue weighted by Crippen LogP contribution is -2.38. The number of halogens is 3. The number of carbonyl (C=O) groups is 1. The molecule has 3 rings (SSSR count). The lowest BCUT2D eigenvalue weighted by atomic mass is 10.1. The van der Waals surface area contributed by atoms with Crippen LogP contribution in [0, 0.1) is 0 Å². The summed E-state index contributed by atoms with van der Waals surface area (Å²) in [6, 6.07) is 7.37. The molecular weight excluding hydrogens is 355 g/mol. The van der Waals surface area contributed by atoms with Gasteiger partial charge in [0.25, 0.3) is 5.91 Å². The van der Waals surface area contributed by atoms with Gasteiger partial charge < -0.3 is 5.32 Å². The first-order valence-electron chi connectivity index (χ1n) is 9.02. The van der Waals surface area contributed by atoms with Crippen molar-refractivity contribution in [2.75, 3.05) is 13.1 Å². The fraction of sp³-hybridized carbons (Fsp3) is 0.400. The Morgan fingerprint density at radius 1 is 1.11 bits per heavy atom. The zero-order valence-electron chi connectivity index (χ0n) is 14.9. The van der Waals surface area contributed by atoms with Crippen LogP contribution in [-0.2, 0) is 6.54 Å². The summed E-state index contributed by atoms with van der Waals surface area (Å²) in [7, 11) is 0. The smallest absolute Gasteiger partial charge is 0.337 e. The van der Waals surface area contributed by atoms with Crippen LogP contribution in [0.3, 0.4) is 0 Å². The second-order valence-electron chi connectivity index (χ2n) is 6.77. The zero-order chi connectivity index (χ0) is 19.3. The Kier molecular flexibility index (Phi) is 6.11. The van der Waals surface area contributed by atoms with E-state index in [4.69, 9.17) is 0 Å². The third-order valence-electron chi connectivity index (χ3n) is 4.69. The fourth-order valence-electron chi connectivity index (χ4n) is 3.25. The normalized spacial score (nSPS) is 16.7. The number of nitrogens with one attached hydrogen (secondary N) is 1. The largest absolute Gasteiger partial charge is 0.412 e. The van der Waals surface area contributed by atoms with Gasteiger partial charge in [0.1, 0.15) is 0 Å². The fourth-order valence-corrected chi connectivity index (χ4v) is 3.25. The SMILES string of the molecule is O=C(N[C@@H](c1cccnc1)C(F)(F)F)c1ccc(CN2CCCCC2)cc1. The van der Waals surface area contributed by atoms with E-state index in [0.29, 0.717) is 0 Å². The van der Waals surface area contributed by atoms with Crippen molar-refractivity contribution < 1.29 is 18.0 Å². The Bertz CT molecular complexity index is 741. The number of hydrogen-bond donors (Lipinski definition) is 1. The predicted octanol–water partition coefficient (Wildman–Crippen LogP) is 4.10. The molecule has 0 unspecified atom stereocenters. The van der Waals surface area contributed by atoms with Crippen molar-refractivity contribution >= 4 is 5.91 Å². The molecule has 0 bridgehead atoms. The van der Waals surface area contributed by atoms with E-state index in [9.17, 15) is 18.0 Å². The molecule has 0 aliphatic carbocycles. The van der Waals surface area contributed by atoms with Gasteiger partial charge in [0.05, 0.1) is 0 Å². The minimum Gasteiger partial charge on any atom is -0.337 e. The van der Waals surface area contributed by atoms with Crippen LogP contribution >= 0.6 is 0 Å². The van der Waals surface area contributed by atoms with E-state index in [1.54, 1.807) is 24.3 Å². The maximum Gasteiger partial charge on any atom is 0.412 e. The highest BCUT2D eigenvalue weighted by molar-refractivity contribution is 5.94. The quantitative estimate of drug-likeness (QED) is 0.853. The molecule has 1 fully saturated rings. The number of nitrogens with zero attached hydrogens (tertiary/aromatic N) is 2. The second kappa shape index (κ2) is 8.52. The van der Waals surface area contributed by atoms with Gasteiger partial charge in [-0.1, -0.05) is 24.6 Å². The van der Waals surface area contributed by atoms with Gasteiger partial charge in [-0.2, -0.15) is 13.2 Å². The summed E-state index contributed by atoms with van der Waals surface area (Å²) in [5, 5.41) is 2.08. The van der Waals surface area contributed by atoms with Crippen LogP contribution in [0.4, 0.5) is 13.2 Å². The molecule has 144 valence electrons. The molecule has 1 aromatic carbocycles. The summed E-state index contributed by atoms with van der Waals surface area (Å²) in [5.74, 6) is -0.759. The molecule has 1 aliphatic rings. The molecule has 4 nitrogen and oxygen atoms in total. The molecule has 1 N–H and O–H groups in total. The van der Waals surface area contributed by atoms with Gasteiger partial charge in [0, 0.05) is 30.1 Å². The van der Waals surface area contributed by atoms with Crippen LogP contribution in [0.1, 0.15) is 46.8 Å². The molecule has 0 saturated carbocycles. The van der Waals surface area contributed by atoms with Gasteiger partial charge in [-0.05, 0) is 49.7 Å². The van der Waals surface area contributed by atoms with E-state index in [2.05, 4.69) is 15.2 Å². The Labute approximate surface area is 156 Å². The summed E-state index contributed by atoms with van der Waals surface area (Å²) in [6.07, 6.45) is 1.53. The topological polar surface area (TPSA) is 45.2 Å². The van der Waals surface area contributed by atoms with Crippen molar-refractivity contribution in [1.82, 2.24) is 15.2 Å². The van der Waals surface area contributed by atoms with E-state index in [-0.39, 0.29) is 11.1 Å². The number of piperidine rings is 1. The van der Waals surface area contributed by atoms with Crippen molar-refractivity contribution in [2.24, 2.45) is 0 Å². The average Bonchev–Trinajstić information content (AvgIpc) is 2.67. The third-order valence-corrected chi connectivity index (χ3v) is 4.69. The van der Waals surface area contributed by atoms with E-state index in [0.717, 1.165) is 31.4 Å². The van der Waals surface area contributed by atoms with Crippen molar-refractivity contribution in [2.45, 2.75) is 38.0 Å². The van der Waals surface area contributed by atoms with Gasteiger partial charge in [-0.25, -0.2) is 0 Å². The Morgan fingerprint density at radius 2 is 1.81 bits per heavy atom. The first-order valence-corrected chi connectivity index (χ1v) is 9.02. The molecule has 27 heavy (non-hydrogen) atoms. The highest BCUT2D eigenvalue weighted by atomic mass is 19.4. The molecule has 1 aliphatic heterocycles. The van der Waals surface area contributed by atoms with Crippen LogP contribution in [0.2, 0.25) is 0 Å². The van der Waals surface area contributed by atoms with Gasteiger partial charge in [0.15, 0.2) is 6.04 Å². The molecule has 1 amide bonds. The second-order valence-corrected chi connectivity index (χ2v) is 6.77. The lowest BCUT2D eigenvalue weighted by molar-refractivity contribution is -0.155. The number of benzene rings is 1. The number of carbonyl (C=O) groups excluding carboxylic acids is 1. The van der Waals surface area contributed by atoms with Crippen LogP contribution in [0.5, 0.6) is 0 Å². The number of rotatable bonds is 5. The summed E-state index contributed by atoms with van der Waals surface area (Å²) in [6.45, 7) is 2.91. The van der Waals surface area contributed by atoms with Gasteiger partial charge in [-0.15, -0.1) is 0 Å². The van der Waals surface area contributed by atoms with E-state index < -0.39 is 18.1 Å². The Morgan fingerprint density at radius 3 is 2.41 bits per heavy atom. The predicted molar refractivity (Wildman–Crippen MR) is 96.1 cm³/mol. The first kappa shape index (κ1) is 19.4. The summed E-state index contributed by atoms with van der Waals surface area (Å²) >= 11 is 0. The van der Waals surface area contributed by atoms with Crippen LogP contribution in [0.25, 0.3) is 0 Å². The highest BCUT2D eigenvalue weighted by Crippen LogP contribution is 2.32. The maximum atomic E-state index is 13.4. The molecule has 1 aromatic heterocycles. The molecule has 2 heterocycles. The Hall–Kier alpha value is -2.41. The van der Waals surface area contributed by atoms with E-state index in [1.807, 2.05) is 0 Å². The summed E-state index contributed by atoms with van der Waals surface area (Å²) in [4.78, 5) is 18.4. The lowest BCUT2D eigenvalue weighted by Gasteiger charge is -2.26. The van der Waals surface area contributed by atoms with Crippen molar-refractivity contribution in [3.8, 4) is 0 Å². The van der Waals surface area contributed by atoms with Gasteiger partial charge >= 0.3 is 6.18 Å². The molecule has 1 atom stereocenters. The molecule has 1 saturated heterocycles. The highest BCUT2D eigenvalue weighted by Gasteiger charge is 2.42. The van der Waals surface area contributed by atoms with Gasteiger partial charge in [0.2, 0.25) is 0 Å². The minimum atomic E-state index is -4.60. The number of alkyl halides is 3. The van der Waals surface area contributed by atoms with Crippen molar-refractivity contribution in [1.29, 1.82) is 0 Å². The third kappa shape index (κ3) is 5.29. The monoisotopic (exact) mass is 377 g/mol. The summed E-state index contributed by atoms with van der Waals surface area (Å²) < 4.78 is 40.1. The van der Waals surface area contributed by atoms with E-state index >= 15 is 0 Å². The number of aromatic nitrogens is 1. The molecule has 0 radical (unpaired) electrons. The molecular formula is C20H22F3N3O. The van der Waals surface area contributed by atoms with Crippen LogP contribution in [0.15, 0.2) is 48.8 Å². The number of hydrogen-bond acceptors (Lipinski definition) is 3. The minimum absolute atomic E-state index is 0.0972. The Balaban J connectivity index is 1.67. The molecule has 7 heteroatoms. The number of likely N-dealkylation sites (tertiary alicyclic amines) is 1. The van der Waals surface area contributed by atoms with Gasteiger partial charge in [-0.3, -0.25) is 14.7 Å². The standard InChI is InChI=1S/C20H22F3N3O/c21-20(22,23)18(17-5-4-10-24-13-17)25-19(27)16-8-6-15(7-9-16)14-26-11-2-1-3-12-26/h4-10,13,18H,1-3,11-12,14H2,(H,25,27)/t18-/m0/s1. The maximum absolute atomic E-state index is 13.4. The van der Waals surface area contributed by atoms with Crippen molar-refractivity contribution in [3.05, 3.63) is 65.5 Å². The van der Waals surface area contributed by atoms with Crippen LogP contribution < -0.4 is 5.32 Å².